The summed E-state index contributed by atoms with van der Waals surface area (Å²) in [6, 6.07) is 2.14. The minimum Gasteiger partial charge on any atom is -0.496 e. The average molecular weight is 207 g/mol. The summed E-state index contributed by atoms with van der Waals surface area (Å²) in [4.78, 5) is 0. The Morgan fingerprint density at radius 2 is 2.47 bits per heavy atom. The molecular formula is C11H17N3O. The fourth-order valence-electron chi connectivity index (χ4n) is 1.88. The second-order valence-corrected chi connectivity index (χ2v) is 3.70. The number of likely N-dealkylation sites (N-methyl/N-ethyl adjacent to an activating group) is 1. The number of allylic oxidation sites excluding steroid dienone is 1. The number of rotatable bonds is 3. The van der Waals surface area contributed by atoms with Crippen molar-refractivity contribution >= 4 is 0 Å². The Labute approximate surface area is 89.9 Å². The molecule has 1 atom stereocenters. The highest BCUT2D eigenvalue weighted by Crippen LogP contribution is 2.24. The summed E-state index contributed by atoms with van der Waals surface area (Å²) in [6.45, 7) is 0.821. The number of nitrogens with one attached hydrogen (secondary N) is 1. The van der Waals surface area contributed by atoms with E-state index in [1.165, 1.54) is 0 Å². The Hall–Kier alpha value is -1.29. The van der Waals surface area contributed by atoms with Gasteiger partial charge in [-0.2, -0.15) is 5.10 Å². The van der Waals surface area contributed by atoms with Crippen LogP contribution in [-0.2, 0) is 11.8 Å². The van der Waals surface area contributed by atoms with Crippen LogP contribution in [0, 0.1) is 0 Å². The molecule has 1 N–H and O–H groups in total. The first-order valence-corrected chi connectivity index (χ1v) is 5.31. The van der Waals surface area contributed by atoms with Crippen LogP contribution in [0.2, 0.25) is 0 Å². The SMILES string of the molecule is CNC(C1=CCCCO1)c1ccnn1C. The summed E-state index contributed by atoms with van der Waals surface area (Å²) in [5, 5.41) is 7.44. The van der Waals surface area contributed by atoms with Crippen LogP contribution < -0.4 is 5.32 Å². The Balaban J connectivity index is 2.24. The fraction of sp³-hybridized carbons (Fsp3) is 0.545. The lowest BCUT2D eigenvalue weighted by Gasteiger charge is -2.23. The van der Waals surface area contributed by atoms with Gasteiger partial charge in [0, 0.05) is 13.2 Å². The van der Waals surface area contributed by atoms with Gasteiger partial charge in [0.1, 0.15) is 11.8 Å². The molecule has 0 fully saturated rings. The molecule has 0 bridgehead atoms. The van der Waals surface area contributed by atoms with Crippen molar-refractivity contribution in [2.75, 3.05) is 13.7 Å². The van der Waals surface area contributed by atoms with Crippen molar-refractivity contribution in [2.45, 2.75) is 18.9 Å². The van der Waals surface area contributed by atoms with Crippen molar-refractivity contribution in [1.29, 1.82) is 0 Å². The van der Waals surface area contributed by atoms with Crippen molar-refractivity contribution < 1.29 is 4.74 Å². The monoisotopic (exact) mass is 207 g/mol. The van der Waals surface area contributed by atoms with Gasteiger partial charge in [0.05, 0.1) is 12.3 Å². The van der Waals surface area contributed by atoms with E-state index < -0.39 is 0 Å². The van der Waals surface area contributed by atoms with E-state index in [0.717, 1.165) is 30.9 Å². The zero-order chi connectivity index (χ0) is 10.7. The summed E-state index contributed by atoms with van der Waals surface area (Å²) in [5.41, 5.74) is 1.13. The lowest BCUT2D eigenvalue weighted by Crippen LogP contribution is -2.24. The van der Waals surface area contributed by atoms with Crippen LogP contribution in [-0.4, -0.2) is 23.4 Å². The van der Waals surface area contributed by atoms with Gasteiger partial charge < -0.3 is 10.1 Å². The van der Waals surface area contributed by atoms with E-state index in [1.807, 2.05) is 31.0 Å². The second-order valence-electron chi connectivity index (χ2n) is 3.70. The molecule has 82 valence electrons. The largest absolute Gasteiger partial charge is 0.496 e. The summed E-state index contributed by atoms with van der Waals surface area (Å²) in [7, 11) is 3.89. The summed E-state index contributed by atoms with van der Waals surface area (Å²) < 4.78 is 7.54. The maximum atomic E-state index is 5.67. The van der Waals surface area contributed by atoms with Crippen molar-refractivity contribution in [3.8, 4) is 0 Å². The molecule has 0 saturated heterocycles. The third kappa shape index (κ3) is 2.04. The van der Waals surface area contributed by atoms with E-state index >= 15 is 0 Å². The summed E-state index contributed by atoms with van der Waals surface area (Å²) in [6.07, 6.45) is 6.19. The van der Waals surface area contributed by atoms with Crippen molar-refractivity contribution in [3.05, 3.63) is 29.8 Å². The maximum absolute atomic E-state index is 5.67. The Kier molecular flexibility index (Phi) is 3.06. The third-order valence-electron chi connectivity index (χ3n) is 2.69. The predicted molar refractivity (Wildman–Crippen MR) is 58.3 cm³/mol. The summed E-state index contributed by atoms with van der Waals surface area (Å²) in [5.74, 6) is 1.02. The molecule has 1 aromatic rings. The van der Waals surface area contributed by atoms with Gasteiger partial charge in [0.2, 0.25) is 0 Å². The van der Waals surface area contributed by atoms with Gasteiger partial charge in [-0.1, -0.05) is 0 Å². The van der Waals surface area contributed by atoms with Gasteiger partial charge in [0.25, 0.3) is 0 Å². The molecule has 0 aromatic carbocycles. The van der Waals surface area contributed by atoms with Crippen LogP contribution in [0.25, 0.3) is 0 Å². The van der Waals surface area contributed by atoms with Gasteiger partial charge in [-0.05, 0) is 32.0 Å². The molecule has 1 unspecified atom stereocenters. The highest BCUT2D eigenvalue weighted by Gasteiger charge is 2.20. The smallest absolute Gasteiger partial charge is 0.115 e. The molecule has 0 radical (unpaired) electrons. The molecule has 0 saturated carbocycles. The van der Waals surface area contributed by atoms with Crippen LogP contribution in [0.5, 0.6) is 0 Å². The second kappa shape index (κ2) is 4.49. The molecule has 4 heteroatoms. The van der Waals surface area contributed by atoms with E-state index in [0.29, 0.717) is 0 Å². The molecule has 0 amide bonds. The van der Waals surface area contributed by atoms with Gasteiger partial charge in [-0.3, -0.25) is 4.68 Å². The van der Waals surface area contributed by atoms with E-state index in [2.05, 4.69) is 16.5 Å². The molecule has 4 nitrogen and oxygen atoms in total. The Morgan fingerprint density at radius 1 is 1.60 bits per heavy atom. The first kappa shape index (κ1) is 10.2. The first-order valence-electron chi connectivity index (χ1n) is 5.31. The molecule has 1 aliphatic rings. The normalized spacial score (nSPS) is 18.1. The van der Waals surface area contributed by atoms with E-state index in [4.69, 9.17) is 4.74 Å². The zero-order valence-electron chi connectivity index (χ0n) is 9.23. The lowest BCUT2D eigenvalue weighted by atomic mass is 10.1. The number of ether oxygens (including phenoxy) is 1. The fourth-order valence-corrected chi connectivity index (χ4v) is 1.88. The number of aryl methyl sites for hydroxylation is 1. The van der Waals surface area contributed by atoms with Gasteiger partial charge >= 0.3 is 0 Å². The molecule has 0 spiro atoms. The molecule has 0 aliphatic carbocycles. The van der Waals surface area contributed by atoms with Crippen molar-refractivity contribution in [3.63, 3.8) is 0 Å². The Morgan fingerprint density at radius 3 is 3.00 bits per heavy atom. The minimum absolute atomic E-state index is 0.123. The minimum atomic E-state index is 0.123. The molecule has 15 heavy (non-hydrogen) atoms. The van der Waals surface area contributed by atoms with Gasteiger partial charge in [-0.15, -0.1) is 0 Å². The highest BCUT2D eigenvalue weighted by molar-refractivity contribution is 5.19. The first-order chi connectivity index (χ1) is 7.33. The predicted octanol–water partition coefficient (Wildman–Crippen LogP) is 1.37. The molecule has 1 aliphatic heterocycles. The highest BCUT2D eigenvalue weighted by atomic mass is 16.5. The molecule has 2 rings (SSSR count). The number of aromatic nitrogens is 2. The van der Waals surface area contributed by atoms with Crippen molar-refractivity contribution in [2.24, 2.45) is 7.05 Å². The van der Waals surface area contributed by atoms with E-state index in [-0.39, 0.29) is 6.04 Å². The van der Waals surface area contributed by atoms with Gasteiger partial charge in [-0.25, -0.2) is 0 Å². The van der Waals surface area contributed by atoms with Crippen LogP contribution in [0.15, 0.2) is 24.1 Å². The maximum Gasteiger partial charge on any atom is 0.115 e. The lowest BCUT2D eigenvalue weighted by molar-refractivity contribution is 0.168. The number of nitrogens with zero attached hydrogens (tertiary/aromatic N) is 2. The number of hydrogen-bond acceptors (Lipinski definition) is 3. The molecular weight excluding hydrogens is 190 g/mol. The van der Waals surface area contributed by atoms with Crippen LogP contribution >= 0.6 is 0 Å². The van der Waals surface area contributed by atoms with E-state index in [1.54, 1.807) is 0 Å². The van der Waals surface area contributed by atoms with Crippen LogP contribution in [0.4, 0.5) is 0 Å². The average Bonchev–Trinajstić information content (AvgIpc) is 2.68. The van der Waals surface area contributed by atoms with E-state index in [9.17, 15) is 0 Å². The zero-order valence-corrected chi connectivity index (χ0v) is 9.23. The number of hydrogen-bond donors (Lipinski definition) is 1. The molecule has 1 aromatic heterocycles. The quantitative estimate of drug-likeness (QED) is 0.813. The van der Waals surface area contributed by atoms with Gasteiger partial charge in [0.15, 0.2) is 0 Å². The van der Waals surface area contributed by atoms with Crippen molar-refractivity contribution in [1.82, 2.24) is 15.1 Å². The van der Waals surface area contributed by atoms with Crippen LogP contribution in [0.3, 0.4) is 0 Å². The third-order valence-corrected chi connectivity index (χ3v) is 2.69. The summed E-state index contributed by atoms with van der Waals surface area (Å²) >= 11 is 0. The van der Waals surface area contributed by atoms with Crippen LogP contribution in [0.1, 0.15) is 24.6 Å². The topological polar surface area (TPSA) is 39.1 Å². The Bertz CT molecular complexity index is 356. The standard InChI is InChI=1S/C11H17N3O/c1-12-11(9-6-7-13-14(9)2)10-5-3-4-8-15-10/h5-7,11-12H,3-4,8H2,1-2H3. The molecule has 2 heterocycles.